The van der Waals surface area contributed by atoms with Gasteiger partial charge in [0.2, 0.25) is 5.60 Å². The standard InChI is InChI=1S/C24H19ClN2O8/c1-3-12-13-7-11(34-23(31)32)5-6-17(13)26-19-14(12)9-27-18(19)8-16-15(20(27)28)10-33-21(29)24(16,4-2)35-22(25)30/h5-8H,3-4,9-10H2,1-2H3,(H,31,32)/t24-/m0/s1. The lowest BCUT2D eigenvalue weighted by Gasteiger charge is -2.34. The third-order valence-electron chi connectivity index (χ3n) is 6.56. The van der Waals surface area contributed by atoms with E-state index in [1.54, 1.807) is 29.7 Å². The van der Waals surface area contributed by atoms with Crippen LogP contribution in [0.4, 0.5) is 9.59 Å². The summed E-state index contributed by atoms with van der Waals surface area (Å²) in [4.78, 5) is 53.7. The molecule has 0 unspecified atom stereocenters. The van der Waals surface area contributed by atoms with Crippen LogP contribution in [0.1, 0.15) is 42.5 Å². The number of halogens is 1. The van der Waals surface area contributed by atoms with Crippen LogP contribution < -0.4 is 10.3 Å². The molecule has 11 heteroatoms. The van der Waals surface area contributed by atoms with E-state index in [0.717, 1.165) is 11.1 Å². The van der Waals surface area contributed by atoms with E-state index in [-0.39, 0.29) is 42.0 Å². The van der Waals surface area contributed by atoms with E-state index in [1.165, 1.54) is 6.07 Å². The van der Waals surface area contributed by atoms with Crippen molar-refractivity contribution in [1.29, 1.82) is 0 Å². The van der Waals surface area contributed by atoms with Crippen molar-refractivity contribution < 1.29 is 33.7 Å². The van der Waals surface area contributed by atoms with Gasteiger partial charge in [0.05, 0.1) is 29.0 Å². The molecule has 1 atom stereocenters. The van der Waals surface area contributed by atoms with Crippen molar-refractivity contribution in [3.05, 3.63) is 56.9 Å². The van der Waals surface area contributed by atoms with Crippen molar-refractivity contribution >= 4 is 40.1 Å². The highest BCUT2D eigenvalue weighted by molar-refractivity contribution is 6.61. The Balaban J connectivity index is 1.76. The number of esters is 1. The SMILES string of the molecule is CCc1c2c(nc3ccc(OC(=O)O)cc13)-c1cc3c(c(=O)n1C2)COC(=O)[C@@]3(CC)OC(=O)Cl. The van der Waals surface area contributed by atoms with Crippen LogP contribution in [0.5, 0.6) is 5.75 Å². The van der Waals surface area contributed by atoms with Gasteiger partial charge in [-0.05, 0) is 42.7 Å². The molecule has 1 N–H and O–H groups in total. The van der Waals surface area contributed by atoms with Crippen LogP contribution in [0.2, 0.25) is 0 Å². The van der Waals surface area contributed by atoms with Crippen LogP contribution in [0.15, 0.2) is 29.1 Å². The summed E-state index contributed by atoms with van der Waals surface area (Å²) >= 11 is 5.49. The summed E-state index contributed by atoms with van der Waals surface area (Å²) in [7, 11) is 0. The second kappa shape index (κ2) is 8.09. The number of nitrogens with zero attached hydrogens (tertiary/aromatic N) is 2. The number of fused-ring (bicyclic) bond motifs is 5. The molecule has 0 bridgehead atoms. The van der Waals surface area contributed by atoms with Crippen LogP contribution in [0.25, 0.3) is 22.3 Å². The molecular weight excluding hydrogens is 480 g/mol. The summed E-state index contributed by atoms with van der Waals surface area (Å²) in [5.41, 5.74) is 0.357. The monoisotopic (exact) mass is 498 g/mol. The molecule has 0 radical (unpaired) electrons. The number of cyclic esters (lactones) is 1. The Kier molecular flexibility index (Phi) is 5.28. The Hall–Kier alpha value is -3.92. The molecule has 0 saturated heterocycles. The first-order chi connectivity index (χ1) is 16.7. The molecule has 2 aromatic heterocycles. The number of carbonyl (C=O) groups excluding carboxylic acids is 2. The maximum absolute atomic E-state index is 13.5. The minimum Gasteiger partial charge on any atom is -0.457 e. The predicted molar refractivity (Wildman–Crippen MR) is 123 cm³/mol. The van der Waals surface area contributed by atoms with Crippen LogP contribution >= 0.6 is 11.6 Å². The zero-order valence-corrected chi connectivity index (χ0v) is 19.5. The van der Waals surface area contributed by atoms with Gasteiger partial charge in [-0.1, -0.05) is 13.8 Å². The maximum atomic E-state index is 13.5. The van der Waals surface area contributed by atoms with E-state index in [0.29, 0.717) is 28.7 Å². The molecule has 180 valence electrons. The van der Waals surface area contributed by atoms with Gasteiger partial charge in [-0.2, -0.15) is 0 Å². The number of carbonyl (C=O) groups is 3. The summed E-state index contributed by atoms with van der Waals surface area (Å²) in [5, 5.41) is 9.68. The third-order valence-corrected chi connectivity index (χ3v) is 6.64. The summed E-state index contributed by atoms with van der Waals surface area (Å²) in [6, 6.07) is 6.41. The molecule has 3 aromatic rings. The van der Waals surface area contributed by atoms with Crippen molar-refractivity contribution in [3.8, 4) is 17.1 Å². The van der Waals surface area contributed by atoms with Crippen LogP contribution in [-0.2, 0) is 39.4 Å². The van der Waals surface area contributed by atoms with Crippen molar-refractivity contribution in [2.24, 2.45) is 0 Å². The molecule has 2 aliphatic heterocycles. The van der Waals surface area contributed by atoms with Crippen molar-refractivity contribution in [2.75, 3.05) is 0 Å². The van der Waals surface area contributed by atoms with E-state index in [9.17, 15) is 19.2 Å². The smallest absolute Gasteiger partial charge is 0.457 e. The fourth-order valence-electron chi connectivity index (χ4n) is 5.00. The highest BCUT2D eigenvalue weighted by Crippen LogP contribution is 2.42. The van der Waals surface area contributed by atoms with E-state index in [4.69, 9.17) is 35.9 Å². The van der Waals surface area contributed by atoms with E-state index >= 15 is 0 Å². The lowest BCUT2D eigenvalue weighted by Crippen LogP contribution is -2.46. The van der Waals surface area contributed by atoms with Gasteiger partial charge in [0.25, 0.3) is 5.56 Å². The highest BCUT2D eigenvalue weighted by Gasteiger charge is 2.50. The Morgan fingerprint density at radius 1 is 1.23 bits per heavy atom. The van der Waals surface area contributed by atoms with Gasteiger partial charge in [-0.3, -0.25) is 4.79 Å². The van der Waals surface area contributed by atoms with Gasteiger partial charge in [-0.15, -0.1) is 0 Å². The van der Waals surface area contributed by atoms with E-state index in [2.05, 4.69) is 0 Å². The lowest BCUT2D eigenvalue weighted by atomic mass is 9.85. The van der Waals surface area contributed by atoms with Crippen LogP contribution in [0.3, 0.4) is 0 Å². The number of ether oxygens (including phenoxy) is 3. The zero-order chi connectivity index (χ0) is 25.1. The first-order valence-electron chi connectivity index (χ1n) is 10.9. The summed E-state index contributed by atoms with van der Waals surface area (Å²) < 4.78 is 16.8. The van der Waals surface area contributed by atoms with Gasteiger partial charge in [0, 0.05) is 28.1 Å². The van der Waals surface area contributed by atoms with Crippen molar-refractivity contribution in [2.45, 2.75) is 45.4 Å². The molecular formula is C24H19ClN2O8. The largest absolute Gasteiger partial charge is 0.511 e. The van der Waals surface area contributed by atoms with Crippen molar-refractivity contribution in [1.82, 2.24) is 9.55 Å². The Morgan fingerprint density at radius 3 is 2.66 bits per heavy atom. The van der Waals surface area contributed by atoms with Crippen LogP contribution in [-0.4, -0.2) is 32.2 Å². The van der Waals surface area contributed by atoms with Gasteiger partial charge >= 0.3 is 17.6 Å². The first kappa shape index (κ1) is 22.9. The Morgan fingerprint density at radius 2 is 2.00 bits per heavy atom. The normalized spacial score (nSPS) is 17.9. The minimum atomic E-state index is -1.84. The molecule has 0 fully saturated rings. The molecule has 1 aromatic carbocycles. The quantitative estimate of drug-likeness (QED) is 0.251. The number of aromatic nitrogens is 2. The maximum Gasteiger partial charge on any atom is 0.511 e. The second-order valence-electron chi connectivity index (χ2n) is 8.23. The third kappa shape index (κ3) is 3.35. The molecule has 0 saturated carbocycles. The van der Waals surface area contributed by atoms with E-state index < -0.39 is 23.2 Å². The molecule has 4 heterocycles. The molecule has 0 spiro atoms. The molecule has 10 nitrogen and oxygen atoms in total. The number of hydrogen-bond donors (Lipinski definition) is 1. The van der Waals surface area contributed by atoms with Crippen LogP contribution in [0, 0.1) is 0 Å². The minimum absolute atomic E-state index is 0.0186. The number of pyridine rings is 2. The summed E-state index contributed by atoms with van der Waals surface area (Å²) in [6.07, 6.45) is -0.815. The predicted octanol–water partition coefficient (Wildman–Crippen LogP) is 4.08. The molecule has 35 heavy (non-hydrogen) atoms. The fourth-order valence-corrected chi connectivity index (χ4v) is 5.13. The molecule has 0 aliphatic carbocycles. The molecule has 2 aliphatic rings. The first-order valence-corrected chi connectivity index (χ1v) is 11.3. The topological polar surface area (TPSA) is 134 Å². The Labute approximate surface area is 203 Å². The lowest BCUT2D eigenvalue weighted by molar-refractivity contribution is -0.171. The van der Waals surface area contributed by atoms with Gasteiger partial charge in [-0.25, -0.2) is 19.4 Å². The summed E-state index contributed by atoms with van der Waals surface area (Å²) in [5.74, 6) is -0.633. The van der Waals surface area contributed by atoms with E-state index in [1.807, 2.05) is 6.92 Å². The van der Waals surface area contributed by atoms with Gasteiger partial charge in [0.15, 0.2) is 0 Å². The molecule has 0 amide bonds. The second-order valence-corrected chi connectivity index (χ2v) is 8.54. The Bertz CT molecular complexity index is 1510. The average Bonchev–Trinajstić information content (AvgIpc) is 3.17. The van der Waals surface area contributed by atoms with Gasteiger partial charge in [0.1, 0.15) is 12.4 Å². The van der Waals surface area contributed by atoms with Gasteiger partial charge < -0.3 is 23.9 Å². The van der Waals surface area contributed by atoms with Crippen molar-refractivity contribution in [3.63, 3.8) is 0 Å². The average molecular weight is 499 g/mol. The number of benzene rings is 1. The fraction of sp³-hybridized carbons (Fsp3) is 0.292. The number of carboxylic acid groups (broad SMARTS) is 1. The number of aryl methyl sites for hydroxylation is 1. The number of hydrogen-bond acceptors (Lipinski definition) is 8. The summed E-state index contributed by atoms with van der Waals surface area (Å²) in [6.45, 7) is 3.56. The number of rotatable bonds is 4. The zero-order valence-electron chi connectivity index (χ0n) is 18.7. The highest BCUT2D eigenvalue weighted by atomic mass is 35.5. The molecule has 5 rings (SSSR count).